The van der Waals surface area contributed by atoms with Crippen molar-refractivity contribution in [2.45, 2.75) is 57.7 Å². The third-order valence-electron chi connectivity index (χ3n) is 8.80. The summed E-state index contributed by atoms with van der Waals surface area (Å²) in [6.45, 7) is 8.98. The van der Waals surface area contributed by atoms with E-state index in [9.17, 15) is 13.2 Å². The van der Waals surface area contributed by atoms with Crippen molar-refractivity contribution >= 4 is 54.1 Å². The molecule has 1 atom stereocenters. The first-order valence-corrected chi connectivity index (χ1v) is 18.9. The molecule has 1 heterocycles. The summed E-state index contributed by atoms with van der Waals surface area (Å²) >= 11 is 17.9. The van der Waals surface area contributed by atoms with Gasteiger partial charge in [0.15, 0.2) is 4.77 Å². The van der Waals surface area contributed by atoms with Crippen molar-refractivity contribution in [3.05, 3.63) is 128 Å². The fourth-order valence-electron chi connectivity index (χ4n) is 6.50. The lowest BCUT2D eigenvalue weighted by Crippen LogP contribution is -2.66. The van der Waals surface area contributed by atoms with Crippen molar-refractivity contribution in [3.8, 4) is 11.4 Å². The predicted molar refractivity (Wildman–Crippen MR) is 196 cm³/mol. The summed E-state index contributed by atoms with van der Waals surface area (Å²) in [6.07, 6.45) is -3.69. The van der Waals surface area contributed by atoms with E-state index in [0.717, 1.165) is 27.6 Å². The van der Waals surface area contributed by atoms with Crippen LogP contribution in [-0.4, -0.2) is 36.8 Å². The summed E-state index contributed by atoms with van der Waals surface area (Å²) in [6, 6.07) is 28.5. The number of hydrogen-bond donors (Lipinski definition) is 1. The van der Waals surface area contributed by atoms with Crippen molar-refractivity contribution < 1.29 is 22.3 Å². The molecule has 0 amide bonds. The molecule has 0 fully saturated rings. The van der Waals surface area contributed by atoms with Crippen LogP contribution >= 0.6 is 35.4 Å². The number of alkyl halides is 3. The highest BCUT2D eigenvalue weighted by atomic mass is 35.5. The molecule has 12 heteroatoms. The van der Waals surface area contributed by atoms with Gasteiger partial charge >= 0.3 is 6.18 Å². The lowest BCUT2D eigenvalue weighted by atomic mass is 9.92. The average molecular weight is 745 g/mol. The van der Waals surface area contributed by atoms with Crippen molar-refractivity contribution in [1.82, 2.24) is 14.8 Å². The van der Waals surface area contributed by atoms with E-state index in [1.807, 2.05) is 61.5 Å². The summed E-state index contributed by atoms with van der Waals surface area (Å²) in [5.41, 5.74) is 0.485. The van der Waals surface area contributed by atoms with Crippen LogP contribution in [0.5, 0.6) is 5.75 Å². The van der Waals surface area contributed by atoms with Gasteiger partial charge in [0.2, 0.25) is 0 Å². The number of H-pyrrole nitrogens is 1. The van der Waals surface area contributed by atoms with Crippen molar-refractivity contribution in [3.63, 3.8) is 0 Å². The molecule has 4 aromatic carbocycles. The van der Waals surface area contributed by atoms with E-state index in [-0.39, 0.29) is 25.5 Å². The zero-order valence-corrected chi connectivity index (χ0v) is 31.2. The first kappa shape index (κ1) is 36.9. The van der Waals surface area contributed by atoms with Gasteiger partial charge in [-0.3, -0.25) is 9.67 Å². The minimum absolute atomic E-state index is 0.00784. The maximum atomic E-state index is 14.4. The normalized spacial score (nSPS) is 13.0. The molecule has 5 aromatic rings. The predicted octanol–water partition coefficient (Wildman–Crippen LogP) is 10.1. The number of halogens is 5. The smallest absolute Gasteiger partial charge is 0.418 e. The maximum Gasteiger partial charge on any atom is 0.418 e. The molecule has 0 saturated heterocycles. The Hall–Kier alpha value is -3.41. The van der Waals surface area contributed by atoms with Crippen LogP contribution in [0.3, 0.4) is 0 Å². The number of hydrogen-bond acceptors (Lipinski definition) is 4. The molecule has 0 radical (unpaired) electrons. The summed E-state index contributed by atoms with van der Waals surface area (Å²) in [5, 5.41) is 9.10. The number of nitrogens with zero attached hydrogens (tertiary/aromatic N) is 2. The number of ether oxygens (including phenoxy) is 1. The third kappa shape index (κ3) is 7.54. The van der Waals surface area contributed by atoms with Crippen LogP contribution in [0, 0.1) is 11.7 Å². The van der Waals surface area contributed by atoms with Crippen molar-refractivity contribution in [2.24, 2.45) is 0 Å². The van der Waals surface area contributed by atoms with E-state index in [0.29, 0.717) is 31.0 Å². The summed E-state index contributed by atoms with van der Waals surface area (Å²) in [7, 11) is -1.23. The standard InChI is InChI=1S/C37H38Cl2F3N3O2SSi/c1-24-18-19-25(21-33(24)46-5)28(34-43-44-35(48)45(34)32-23-31(39)30(38)22-29(32)37(40,41)42)17-12-20-47-49(36(2,3)4,26-13-8-6-9-14-26)27-15-10-7-11-16-27/h6-11,13-16,18-19,21-23,28H,12,17,20H2,1-5H3,(H,44,48). The zero-order chi connectivity index (χ0) is 35.6. The Morgan fingerprint density at radius 2 is 1.49 bits per heavy atom. The van der Waals surface area contributed by atoms with Gasteiger partial charge < -0.3 is 9.16 Å². The highest BCUT2D eigenvalue weighted by molar-refractivity contribution is 7.71. The second-order valence-electron chi connectivity index (χ2n) is 12.9. The third-order valence-corrected chi connectivity index (χ3v) is 14.8. The van der Waals surface area contributed by atoms with E-state index in [4.69, 9.17) is 44.6 Å². The second kappa shape index (κ2) is 14.8. The molecule has 1 unspecified atom stereocenters. The Morgan fingerprint density at radius 3 is 2.04 bits per heavy atom. The molecule has 0 aliphatic rings. The summed E-state index contributed by atoms with van der Waals surface area (Å²) in [5.74, 6) is 0.447. The summed E-state index contributed by atoms with van der Waals surface area (Å²) < 4.78 is 57.3. The van der Waals surface area contributed by atoms with Crippen molar-refractivity contribution in [1.29, 1.82) is 0 Å². The first-order chi connectivity index (χ1) is 23.2. The van der Waals surface area contributed by atoms with Crippen LogP contribution in [0.4, 0.5) is 13.2 Å². The first-order valence-electron chi connectivity index (χ1n) is 15.8. The molecule has 5 rings (SSSR count). The number of aromatic amines is 1. The fraction of sp³-hybridized carbons (Fsp3) is 0.297. The molecule has 0 bridgehead atoms. The maximum absolute atomic E-state index is 14.4. The van der Waals surface area contributed by atoms with Gasteiger partial charge in [-0.2, -0.15) is 18.3 Å². The Morgan fingerprint density at radius 1 is 0.898 bits per heavy atom. The van der Waals surface area contributed by atoms with Gasteiger partial charge in [-0.05, 0) is 76.7 Å². The van der Waals surface area contributed by atoms with E-state index in [2.05, 4.69) is 55.2 Å². The number of methoxy groups -OCH3 is 1. The SMILES string of the molecule is COc1cc(C(CCCO[Si](c2ccccc2)(c2ccccc2)C(C)(C)C)c2n[nH]c(=S)n2-c2cc(Cl)c(Cl)cc2C(F)(F)F)ccc1C. The molecular formula is C37H38Cl2F3N3O2SSi. The lowest BCUT2D eigenvalue weighted by molar-refractivity contribution is -0.137. The van der Waals surface area contributed by atoms with Crippen LogP contribution in [-0.2, 0) is 10.6 Å². The summed E-state index contributed by atoms with van der Waals surface area (Å²) in [4.78, 5) is 0. The van der Waals surface area contributed by atoms with Gasteiger partial charge in [-0.1, -0.05) is 117 Å². The minimum Gasteiger partial charge on any atom is -0.496 e. The van der Waals surface area contributed by atoms with Gasteiger partial charge in [0.1, 0.15) is 11.6 Å². The molecule has 0 aliphatic carbocycles. The molecule has 0 spiro atoms. The van der Waals surface area contributed by atoms with Gasteiger partial charge in [0.25, 0.3) is 8.32 Å². The molecule has 49 heavy (non-hydrogen) atoms. The van der Waals surface area contributed by atoms with Gasteiger partial charge in [-0.15, -0.1) is 0 Å². The van der Waals surface area contributed by atoms with E-state index >= 15 is 0 Å². The Kier molecular flexibility index (Phi) is 11.2. The monoisotopic (exact) mass is 743 g/mol. The van der Waals surface area contributed by atoms with E-state index < -0.39 is 26.0 Å². The van der Waals surface area contributed by atoms with Crippen LogP contribution in [0.25, 0.3) is 5.69 Å². The zero-order valence-electron chi connectivity index (χ0n) is 27.9. The highest BCUT2D eigenvalue weighted by Crippen LogP contribution is 2.41. The Bertz CT molecular complexity index is 1920. The second-order valence-corrected chi connectivity index (χ2v) is 18.4. The van der Waals surface area contributed by atoms with Crippen LogP contribution in [0.2, 0.25) is 15.1 Å². The number of benzene rings is 4. The topological polar surface area (TPSA) is 52.1 Å². The van der Waals surface area contributed by atoms with Crippen LogP contribution in [0.15, 0.2) is 91.0 Å². The Balaban J connectivity index is 1.58. The van der Waals surface area contributed by atoms with Gasteiger partial charge in [0.05, 0.1) is 28.4 Å². The largest absolute Gasteiger partial charge is 0.496 e. The van der Waals surface area contributed by atoms with E-state index in [1.54, 1.807) is 7.11 Å². The molecular weight excluding hydrogens is 706 g/mol. The van der Waals surface area contributed by atoms with Crippen molar-refractivity contribution in [2.75, 3.05) is 13.7 Å². The van der Waals surface area contributed by atoms with Gasteiger partial charge in [0, 0.05) is 12.5 Å². The number of aromatic nitrogens is 3. The van der Waals surface area contributed by atoms with Crippen LogP contribution < -0.4 is 15.1 Å². The molecule has 1 N–H and O–H groups in total. The molecule has 5 nitrogen and oxygen atoms in total. The number of rotatable bonds is 11. The number of nitrogens with one attached hydrogen (secondary N) is 1. The Labute approximate surface area is 301 Å². The van der Waals surface area contributed by atoms with E-state index in [1.165, 1.54) is 10.6 Å². The number of aryl methyl sites for hydroxylation is 1. The van der Waals surface area contributed by atoms with Crippen LogP contribution in [0.1, 0.15) is 62.0 Å². The lowest BCUT2D eigenvalue weighted by Gasteiger charge is -2.43. The highest BCUT2D eigenvalue weighted by Gasteiger charge is 2.50. The fourth-order valence-corrected chi connectivity index (χ4v) is 11.7. The molecule has 0 aliphatic heterocycles. The molecule has 1 aromatic heterocycles. The average Bonchev–Trinajstić information content (AvgIpc) is 3.44. The van der Waals surface area contributed by atoms with Gasteiger partial charge in [-0.25, -0.2) is 0 Å². The quantitative estimate of drug-likeness (QED) is 0.0832. The molecule has 258 valence electrons. The molecule has 0 saturated carbocycles. The minimum atomic E-state index is -4.74.